The lowest BCUT2D eigenvalue weighted by Crippen LogP contribution is -2.37. The molecule has 9 heteroatoms. The number of benzene rings is 1. The van der Waals surface area contributed by atoms with Crippen molar-refractivity contribution in [2.24, 2.45) is 0 Å². The highest BCUT2D eigenvalue weighted by Gasteiger charge is 2.38. The first-order valence-corrected chi connectivity index (χ1v) is 12.4. The van der Waals surface area contributed by atoms with E-state index in [1.807, 2.05) is 6.07 Å². The number of aromatic nitrogens is 2. The van der Waals surface area contributed by atoms with Gasteiger partial charge in [-0.25, -0.2) is 18.4 Å². The zero-order valence-electron chi connectivity index (χ0n) is 16.8. The normalized spacial score (nSPS) is 21.8. The summed E-state index contributed by atoms with van der Waals surface area (Å²) in [6, 6.07) is 8.37. The molecule has 0 bridgehead atoms. The number of halogens is 1. The minimum Gasteiger partial charge on any atom is -0.440 e. The fourth-order valence-electron chi connectivity index (χ4n) is 4.10. The second kappa shape index (κ2) is 7.91. The van der Waals surface area contributed by atoms with Gasteiger partial charge in [-0.05, 0) is 68.9 Å². The number of sulfone groups is 1. The number of carbonyl (C=O) groups excluding carboxylic acids is 1. The van der Waals surface area contributed by atoms with Crippen molar-refractivity contribution in [3.63, 3.8) is 0 Å². The van der Waals surface area contributed by atoms with Gasteiger partial charge in [0.05, 0.1) is 5.25 Å². The van der Waals surface area contributed by atoms with E-state index in [4.69, 9.17) is 16.0 Å². The van der Waals surface area contributed by atoms with Crippen LogP contribution < -0.4 is 5.32 Å². The molecule has 0 radical (unpaired) electrons. The van der Waals surface area contributed by atoms with Crippen LogP contribution in [0, 0.1) is 0 Å². The summed E-state index contributed by atoms with van der Waals surface area (Å²) in [4.78, 5) is 21.3. The summed E-state index contributed by atoms with van der Waals surface area (Å²) in [6.45, 7) is 0. The first-order chi connectivity index (χ1) is 14.9. The molecule has 0 saturated heterocycles. The van der Waals surface area contributed by atoms with Crippen LogP contribution in [0.1, 0.15) is 60.7 Å². The molecular weight excluding hydrogens is 438 g/mol. The molecule has 0 atom stereocenters. The number of fused-ring (bicyclic) bond motifs is 1. The standard InChI is InChI=1S/C22H22ClN3O4S/c23-15-3-8-19-18(12-15)26-22(30-19)13-1-4-16(5-2-13)25-21(27)14-9-10-24-20(11-14)31(28,29)17-6-7-17/h3,8-13,16-17H,1-2,4-7H2,(H,25,27). The van der Waals surface area contributed by atoms with Crippen LogP contribution in [-0.4, -0.2) is 35.6 Å². The third-order valence-corrected chi connectivity index (χ3v) is 8.42. The summed E-state index contributed by atoms with van der Waals surface area (Å²) >= 11 is 6.03. The largest absolute Gasteiger partial charge is 0.440 e. The van der Waals surface area contributed by atoms with Crippen LogP contribution >= 0.6 is 11.6 Å². The average molecular weight is 460 g/mol. The maximum absolute atomic E-state index is 12.7. The van der Waals surface area contributed by atoms with Crippen molar-refractivity contribution < 1.29 is 17.6 Å². The van der Waals surface area contributed by atoms with Crippen molar-refractivity contribution >= 4 is 38.4 Å². The lowest BCUT2D eigenvalue weighted by molar-refractivity contribution is 0.0924. The van der Waals surface area contributed by atoms with Gasteiger partial charge in [0, 0.05) is 28.7 Å². The Morgan fingerprint density at radius 1 is 1.06 bits per heavy atom. The Bertz CT molecular complexity index is 1240. The summed E-state index contributed by atoms with van der Waals surface area (Å²) in [6.07, 6.45) is 6.02. The van der Waals surface area contributed by atoms with E-state index in [0.29, 0.717) is 29.3 Å². The zero-order chi connectivity index (χ0) is 21.6. The Kier molecular flexibility index (Phi) is 5.22. The molecule has 31 heavy (non-hydrogen) atoms. The van der Waals surface area contributed by atoms with E-state index in [-0.39, 0.29) is 28.1 Å². The van der Waals surface area contributed by atoms with Crippen molar-refractivity contribution in [2.75, 3.05) is 0 Å². The highest BCUT2D eigenvalue weighted by Crippen LogP contribution is 2.35. The molecule has 2 heterocycles. The monoisotopic (exact) mass is 459 g/mol. The number of nitrogens with zero attached hydrogens (tertiary/aromatic N) is 2. The number of hydrogen-bond acceptors (Lipinski definition) is 6. The second-order valence-corrected chi connectivity index (χ2v) is 10.9. The lowest BCUT2D eigenvalue weighted by Gasteiger charge is -2.27. The molecule has 0 unspecified atom stereocenters. The van der Waals surface area contributed by atoms with Crippen LogP contribution in [0.25, 0.3) is 11.1 Å². The van der Waals surface area contributed by atoms with E-state index in [2.05, 4.69) is 15.3 Å². The Morgan fingerprint density at radius 2 is 1.84 bits per heavy atom. The second-order valence-electron chi connectivity index (χ2n) is 8.31. The van der Waals surface area contributed by atoms with Gasteiger partial charge in [0.1, 0.15) is 5.52 Å². The first kappa shape index (κ1) is 20.5. The van der Waals surface area contributed by atoms with Crippen LogP contribution in [0.5, 0.6) is 0 Å². The summed E-state index contributed by atoms with van der Waals surface area (Å²) < 4.78 is 30.7. The van der Waals surface area contributed by atoms with Crippen molar-refractivity contribution in [2.45, 2.75) is 60.8 Å². The number of nitrogens with one attached hydrogen (secondary N) is 1. The Balaban J connectivity index is 1.22. The Labute approximate surface area is 185 Å². The first-order valence-electron chi connectivity index (χ1n) is 10.5. The van der Waals surface area contributed by atoms with Gasteiger partial charge < -0.3 is 9.73 Å². The van der Waals surface area contributed by atoms with Crippen molar-refractivity contribution in [3.8, 4) is 0 Å². The van der Waals surface area contributed by atoms with Crippen LogP contribution in [0.4, 0.5) is 0 Å². The number of pyridine rings is 1. The molecule has 2 fully saturated rings. The lowest BCUT2D eigenvalue weighted by atomic mass is 9.86. The number of oxazole rings is 1. The molecule has 2 aliphatic rings. The van der Waals surface area contributed by atoms with Crippen molar-refractivity contribution in [1.29, 1.82) is 0 Å². The SMILES string of the molecule is O=C(NC1CCC(c2nc3cc(Cl)ccc3o2)CC1)c1ccnc(S(=O)(=O)C2CC2)c1. The Morgan fingerprint density at radius 3 is 2.58 bits per heavy atom. The molecule has 162 valence electrons. The van der Waals surface area contributed by atoms with Gasteiger partial charge in [-0.15, -0.1) is 0 Å². The molecule has 2 saturated carbocycles. The molecule has 1 aromatic carbocycles. The van der Waals surface area contributed by atoms with Gasteiger partial charge in [-0.3, -0.25) is 4.79 Å². The number of carbonyl (C=O) groups is 1. The summed E-state index contributed by atoms with van der Waals surface area (Å²) in [5.74, 6) is 0.649. The Hall–Kier alpha value is -2.45. The summed E-state index contributed by atoms with van der Waals surface area (Å²) in [5, 5.41) is 3.30. The number of hydrogen-bond donors (Lipinski definition) is 1. The molecule has 2 aliphatic carbocycles. The fraction of sp³-hybridized carbons (Fsp3) is 0.409. The van der Waals surface area contributed by atoms with E-state index >= 15 is 0 Å². The van der Waals surface area contributed by atoms with E-state index in [1.165, 1.54) is 12.3 Å². The molecule has 2 aromatic heterocycles. The maximum Gasteiger partial charge on any atom is 0.251 e. The molecular formula is C22H22ClN3O4S. The third kappa shape index (κ3) is 4.19. The number of rotatable bonds is 5. The zero-order valence-corrected chi connectivity index (χ0v) is 18.3. The van der Waals surface area contributed by atoms with Crippen LogP contribution in [0.15, 0.2) is 46.0 Å². The van der Waals surface area contributed by atoms with Crippen molar-refractivity contribution in [3.05, 3.63) is 53.0 Å². The maximum atomic E-state index is 12.7. The molecule has 1 N–H and O–H groups in total. The number of amides is 1. The van der Waals surface area contributed by atoms with Gasteiger partial charge in [0.2, 0.25) is 0 Å². The van der Waals surface area contributed by atoms with Gasteiger partial charge >= 0.3 is 0 Å². The quantitative estimate of drug-likeness (QED) is 0.611. The fourth-order valence-corrected chi connectivity index (χ4v) is 5.87. The van der Waals surface area contributed by atoms with E-state index in [0.717, 1.165) is 36.8 Å². The minimum atomic E-state index is -3.42. The minimum absolute atomic E-state index is 0.0116. The molecule has 3 aromatic rings. The molecule has 7 nitrogen and oxygen atoms in total. The van der Waals surface area contributed by atoms with E-state index in [1.54, 1.807) is 18.2 Å². The molecule has 1 amide bonds. The molecule has 0 aliphatic heterocycles. The van der Waals surface area contributed by atoms with Gasteiger partial charge in [0.15, 0.2) is 26.3 Å². The highest BCUT2D eigenvalue weighted by molar-refractivity contribution is 7.92. The highest BCUT2D eigenvalue weighted by atomic mass is 35.5. The third-order valence-electron chi connectivity index (χ3n) is 6.03. The average Bonchev–Trinajstić information content (AvgIpc) is 3.55. The van der Waals surface area contributed by atoms with E-state index in [9.17, 15) is 13.2 Å². The van der Waals surface area contributed by atoms with Crippen LogP contribution in [-0.2, 0) is 9.84 Å². The molecule has 0 spiro atoms. The summed E-state index contributed by atoms with van der Waals surface area (Å²) in [7, 11) is -3.42. The van der Waals surface area contributed by atoms with Gasteiger partial charge in [0.25, 0.3) is 5.91 Å². The van der Waals surface area contributed by atoms with Crippen LogP contribution in [0.2, 0.25) is 5.02 Å². The molecule has 5 rings (SSSR count). The van der Waals surface area contributed by atoms with Gasteiger partial charge in [-0.2, -0.15) is 0 Å². The summed E-state index contributed by atoms with van der Waals surface area (Å²) in [5.41, 5.74) is 1.81. The van der Waals surface area contributed by atoms with Crippen LogP contribution in [0.3, 0.4) is 0 Å². The topological polar surface area (TPSA) is 102 Å². The van der Waals surface area contributed by atoms with Gasteiger partial charge in [-0.1, -0.05) is 11.6 Å². The van der Waals surface area contributed by atoms with E-state index < -0.39 is 9.84 Å². The smallest absolute Gasteiger partial charge is 0.251 e. The predicted molar refractivity (Wildman–Crippen MR) is 116 cm³/mol. The predicted octanol–water partition coefficient (Wildman–Crippen LogP) is 4.27. The van der Waals surface area contributed by atoms with Crippen molar-refractivity contribution in [1.82, 2.24) is 15.3 Å².